The van der Waals surface area contributed by atoms with E-state index in [0.717, 1.165) is 48.2 Å². The molecule has 5 nitrogen and oxygen atoms in total. The molecule has 2 aliphatic carbocycles. The van der Waals surface area contributed by atoms with Gasteiger partial charge in [0.15, 0.2) is 0 Å². The van der Waals surface area contributed by atoms with Gasteiger partial charge in [0.2, 0.25) is 5.91 Å². The molecule has 148 valence electrons. The summed E-state index contributed by atoms with van der Waals surface area (Å²) < 4.78 is 8.73. The number of hydrogen-bond donors (Lipinski definition) is 0. The summed E-state index contributed by atoms with van der Waals surface area (Å²) in [5.41, 5.74) is 4.46. The van der Waals surface area contributed by atoms with Gasteiger partial charge in [-0.25, -0.2) is 0 Å². The largest absolute Gasteiger partial charge is 0.489 e. The Hall–Kier alpha value is -2.30. The average Bonchev–Trinajstić information content (AvgIpc) is 3.18. The molecule has 1 aliphatic heterocycles. The summed E-state index contributed by atoms with van der Waals surface area (Å²) in [6.07, 6.45) is 13.5. The number of carbonyl (C=O) groups is 1. The van der Waals surface area contributed by atoms with Crippen LogP contribution in [0.5, 0.6) is 5.75 Å². The predicted octanol–water partition coefficient (Wildman–Crippen LogP) is 4.89. The molecule has 1 amide bonds. The summed E-state index contributed by atoms with van der Waals surface area (Å²) in [5, 5.41) is 4.59. The monoisotopic (exact) mass is 379 g/mol. The van der Waals surface area contributed by atoms with Gasteiger partial charge in [-0.1, -0.05) is 0 Å². The minimum Gasteiger partial charge on any atom is -0.489 e. The number of fused-ring (bicyclic) bond motifs is 1. The van der Waals surface area contributed by atoms with E-state index in [-0.39, 0.29) is 18.1 Å². The van der Waals surface area contributed by atoms with E-state index in [0.29, 0.717) is 6.04 Å². The van der Waals surface area contributed by atoms with Crippen LogP contribution in [0.4, 0.5) is 5.69 Å². The minimum atomic E-state index is 0.106. The fourth-order valence-electron chi connectivity index (χ4n) is 4.84. The molecule has 1 aromatic carbocycles. The Balaban J connectivity index is 1.60. The van der Waals surface area contributed by atoms with Gasteiger partial charge < -0.3 is 9.64 Å². The highest BCUT2D eigenvalue weighted by Gasteiger charge is 2.32. The topological polar surface area (TPSA) is 47.4 Å². The molecular formula is C23H29N3O2. The molecule has 5 heteroatoms. The van der Waals surface area contributed by atoms with Crippen LogP contribution in [0.25, 0.3) is 11.1 Å². The van der Waals surface area contributed by atoms with Gasteiger partial charge >= 0.3 is 0 Å². The molecule has 2 aromatic rings. The van der Waals surface area contributed by atoms with Crippen molar-refractivity contribution in [3.63, 3.8) is 0 Å². The summed E-state index contributed by atoms with van der Waals surface area (Å²) in [5.74, 6) is 1.09. The summed E-state index contributed by atoms with van der Waals surface area (Å²) in [6.45, 7) is 3.80. The Morgan fingerprint density at radius 3 is 2.64 bits per heavy atom. The lowest BCUT2D eigenvalue weighted by molar-refractivity contribution is -0.117. The molecule has 1 atom stereocenters. The van der Waals surface area contributed by atoms with Gasteiger partial charge in [-0.15, -0.1) is 0 Å². The molecule has 0 bridgehead atoms. The lowest BCUT2D eigenvalue weighted by Crippen LogP contribution is -2.41. The Kier molecular flexibility index (Phi) is 4.41. The molecule has 2 heterocycles. The second kappa shape index (κ2) is 6.94. The lowest BCUT2D eigenvalue weighted by atomic mass is 9.92. The Morgan fingerprint density at radius 2 is 1.93 bits per heavy atom. The first-order chi connectivity index (χ1) is 13.6. The van der Waals surface area contributed by atoms with Crippen LogP contribution in [0, 0.1) is 0 Å². The van der Waals surface area contributed by atoms with Crippen LogP contribution in [-0.2, 0) is 11.2 Å². The van der Waals surface area contributed by atoms with E-state index in [9.17, 15) is 4.79 Å². The average molecular weight is 380 g/mol. The van der Waals surface area contributed by atoms with Gasteiger partial charge in [0.1, 0.15) is 5.75 Å². The van der Waals surface area contributed by atoms with Crippen molar-refractivity contribution in [2.45, 2.75) is 83.4 Å². The number of rotatable bonds is 4. The first kappa shape index (κ1) is 17.8. The Bertz CT molecular complexity index is 893. The maximum atomic E-state index is 12.3. The number of benzene rings is 1. The fourth-order valence-corrected chi connectivity index (χ4v) is 4.84. The van der Waals surface area contributed by atoms with Crippen molar-refractivity contribution in [2.75, 3.05) is 4.90 Å². The maximum absolute atomic E-state index is 12.3. The number of anilines is 1. The molecular weight excluding hydrogens is 350 g/mol. The summed E-state index contributed by atoms with van der Waals surface area (Å²) in [7, 11) is 0. The van der Waals surface area contributed by atoms with Gasteiger partial charge in [0.25, 0.3) is 0 Å². The second-order valence-electron chi connectivity index (χ2n) is 8.68. The molecule has 0 unspecified atom stereocenters. The number of hydrogen-bond acceptors (Lipinski definition) is 3. The number of aromatic nitrogens is 2. The van der Waals surface area contributed by atoms with Gasteiger partial charge in [-0.05, 0) is 70.4 Å². The molecule has 0 saturated heterocycles. The molecule has 3 aliphatic rings. The number of carbonyl (C=O) groups excluding carboxylic acids is 1. The van der Waals surface area contributed by atoms with Crippen molar-refractivity contribution >= 4 is 11.6 Å². The zero-order valence-corrected chi connectivity index (χ0v) is 16.9. The third kappa shape index (κ3) is 3.11. The van der Waals surface area contributed by atoms with Crippen LogP contribution >= 0.6 is 0 Å². The lowest BCUT2D eigenvalue weighted by Gasteiger charge is -2.36. The summed E-state index contributed by atoms with van der Waals surface area (Å²) >= 11 is 0. The van der Waals surface area contributed by atoms with E-state index >= 15 is 0 Å². The van der Waals surface area contributed by atoms with Crippen LogP contribution in [0.2, 0.25) is 0 Å². The van der Waals surface area contributed by atoms with Crippen molar-refractivity contribution in [1.82, 2.24) is 9.78 Å². The standard InChI is InChI=1S/C23H29N3O2/c1-15-7-10-21-22(26(15)16(2)27)12-11-20(23(21)28-19-5-3-4-6-19)17-13-24-25(14-17)18-8-9-18/h11-15,18-19H,3-10H2,1-2H3/t15-/m0/s1. The van der Waals surface area contributed by atoms with Crippen LogP contribution in [-0.4, -0.2) is 27.8 Å². The van der Waals surface area contributed by atoms with Crippen molar-refractivity contribution in [3.05, 3.63) is 30.1 Å². The number of nitrogens with zero attached hydrogens (tertiary/aromatic N) is 3. The smallest absolute Gasteiger partial charge is 0.224 e. The molecule has 5 rings (SSSR count). The highest BCUT2D eigenvalue weighted by Crippen LogP contribution is 2.45. The molecule has 2 fully saturated rings. The number of amides is 1. The van der Waals surface area contributed by atoms with E-state index in [1.54, 1.807) is 6.92 Å². The van der Waals surface area contributed by atoms with Gasteiger partial charge in [0.05, 0.1) is 24.0 Å². The molecule has 0 N–H and O–H groups in total. The molecule has 0 spiro atoms. The van der Waals surface area contributed by atoms with Crippen LogP contribution in [0.3, 0.4) is 0 Å². The van der Waals surface area contributed by atoms with Crippen molar-refractivity contribution < 1.29 is 9.53 Å². The summed E-state index contributed by atoms with van der Waals surface area (Å²) in [6, 6.07) is 5.04. The highest BCUT2D eigenvalue weighted by molar-refractivity contribution is 5.95. The molecule has 28 heavy (non-hydrogen) atoms. The van der Waals surface area contributed by atoms with Gasteiger partial charge in [-0.2, -0.15) is 5.10 Å². The van der Waals surface area contributed by atoms with E-state index < -0.39 is 0 Å². The normalized spacial score (nSPS) is 22.4. The van der Waals surface area contributed by atoms with Gasteiger partial charge in [0, 0.05) is 35.9 Å². The second-order valence-corrected chi connectivity index (χ2v) is 8.68. The van der Waals surface area contributed by atoms with Crippen molar-refractivity contribution in [2.24, 2.45) is 0 Å². The van der Waals surface area contributed by atoms with E-state index in [1.165, 1.54) is 31.2 Å². The first-order valence-electron chi connectivity index (χ1n) is 10.8. The van der Waals surface area contributed by atoms with E-state index in [4.69, 9.17) is 4.74 Å². The van der Waals surface area contributed by atoms with Crippen molar-refractivity contribution in [3.8, 4) is 16.9 Å². The molecule has 2 saturated carbocycles. The predicted molar refractivity (Wildman–Crippen MR) is 110 cm³/mol. The first-order valence-corrected chi connectivity index (χ1v) is 10.8. The van der Waals surface area contributed by atoms with Crippen molar-refractivity contribution in [1.29, 1.82) is 0 Å². The zero-order valence-electron chi connectivity index (χ0n) is 16.9. The Labute approximate surface area is 166 Å². The quantitative estimate of drug-likeness (QED) is 0.759. The number of ether oxygens (including phenoxy) is 1. The summed E-state index contributed by atoms with van der Waals surface area (Å²) in [4.78, 5) is 14.3. The van der Waals surface area contributed by atoms with Crippen LogP contribution < -0.4 is 9.64 Å². The SMILES string of the molecule is CC(=O)N1c2ccc(-c3cnn(C4CC4)c3)c(OC3CCCC3)c2CC[C@@H]1C. The van der Waals surface area contributed by atoms with E-state index in [1.807, 2.05) is 11.1 Å². The van der Waals surface area contributed by atoms with E-state index in [2.05, 4.69) is 35.0 Å². The highest BCUT2D eigenvalue weighted by atomic mass is 16.5. The maximum Gasteiger partial charge on any atom is 0.224 e. The van der Waals surface area contributed by atoms with Crippen LogP contribution in [0.15, 0.2) is 24.5 Å². The molecule has 1 aromatic heterocycles. The van der Waals surface area contributed by atoms with Crippen LogP contribution in [0.1, 0.15) is 70.4 Å². The third-order valence-electron chi connectivity index (χ3n) is 6.51. The van der Waals surface area contributed by atoms with Gasteiger partial charge in [-0.3, -0.25) is 9.48 Å². The third-order valence-corrected chi connectivity index (χ3v) is 6.51. The molecule has 0 radical (unpaired) electrons. The zero-order chi connectivity index (χ0) is 19.3. The Morgan fingerprint density at radius 1 is 1.14 bits per heavy atom. The fraction of sp³-hybridized carbons (Fsp3) is 0.565. The minimum absolute atomic E-state index is 0.106.